The zero-order chi connectivity index (χ0) is 24.6. The van der Waals surface area contributed by atoms with E-state index in [0.717, 1.165) is 23.5 Å². The van der Waals surface area contributed by atoms with Crippen molar-refractivity contribution in [2.24, 2.45) is 0 Å². The first-order valence-electron chi connectivity index (χ1n) is 10.8. The molecule has 2 aromatic heterocycles. The highest BCUT2D eigenvalue weighted by Gasteiger charge is 2.22. The van der Waals surface area contributed by atoms with Gasteiger partial charge in [0.15, 0.2) is 5.65 Å². The fraction of sp³-hybridized carbons (Fsp3) is 0.208. The topological polar surface area (TPSA) is 107 Å². The lowest BCUT2D eigenvalue weighted by molar-refractivity contribution is 0.291. The molecule has 3 heterocycles. The number of halogens is 1. The number of fused-ring (bicyclic) bond motifs is 2. The van der Waals surface area contributed by atoms with Crippen LogP contribution in [0.15, 0.2) is 59.9 Å². The third-order valence-electron chi connectivity index (χ3n) is 5.70. The summed E-state index contributed by atoms with van der Waals surface area (Å²) in [6.07, 6.45) is 2.93. The van der Waals surface area contributed by atoms with Gasteiger partial charge < -0.3 is 14.4 Å². The Morgan fingerprint density at radius 1 is 1.23 bits per heavy atom. The summed E-state index contributed by atoms with van der Waals surface area (Å²) in [6, 6.07) is 12.1. The summed E-state index contributed by atoms with van der Waals surface area (Å²) in [6.45, 7) is 3.22. The molecule has 0 unspecified atom stereocenters. The Balaban J connectivity index is 1.48. The van der Waals surface area contributed by atoms with E-state index in [2.05, 4.69) is 24.6 Å². The van der Waals surface area contributed by atoms with Gasteiger partial charge in [0.2, 0.25) is 5.88 Å². The number of benzene rings is 2. The molecule has 0 amide bonds. The van der Waals surface area contributed by atoms with Crippen molar-refractivity contribution < 1.29 is 17.9 Å². The third kappa shape index (κ3) is 4.67. The summed E-state index contributed by atoms with van der Waals surface area (Å²) in [5, 5.41) is 0.917. The normalized spacial score (nSPS) is 13.3. The first-order chi connectivity index (χ1) is 16.8. The fourth-order valence-corrected chi connectivity index (χ4v) is 5.36. The third-order valence-corrected chi connectivity index (χ3v) is 7.62. The highest BCUT2D eigenvalue weighted by molar-refractivity contribution is 7.92. The largest absolute Gasteiger partial charge is 0.490 e. The van der Waals surface area contributed by atoms with E-state index < -0.39 is 10.0 Å². The second-order valence-corrected chi connectivity index (χ2v) is 10.2. The van der Waals surface area contributed by atoms with Crippen molar-refractivity contribution in [2.45, 2.75) is 18.4 Å². The average molecular weight is 512 g/mol. The predicted molar refractivity (Wildman–Crippen MR) is 134 cm³/mol. The van der Waals surface area contributed by atoms with Gasteiger partial charge in [0.25, 0.3) is 10.0 Å². The zero-order valence-electron chi connectivity index (χ0n) is 19.0. The van der Waals surface area contributed by atoms with E-state index in [0.29, 0.717) is 28.2 Å². The summed E-state index contributed by atoms with van der Waals surface area (Å²) in [4.78, 5) is 14.8. The molecule has 0 fully saturated rings. The lowest BCUT2D eigenvalue weighted by Gasteiger charge is -2.28. The minimum absolute atomic E-state index is 0.0660. The lowest BCUT2D eigenvalue weighted by atomic mass is 10.1. The summed E-state index contributed by atoms with van der Waals surface area (Å²) in [5.41, 5.74) is 2.85. The van der Waals surface area contributed by atoms with Gasteiger partial charge in [-0.3, -0.25) is 4.72 Å². The number of anilines is 2. The van der Waals surface area contributed by atoms with Crippen LogP contribution >= 0.6 is 11.6 Å². The quantitative estimate of drug-likeness (QED) is 0.410. The van der Waals surface area contributed by atoms with E-state index in [-0.39, 0.29) is 23.1 Å². The molecule has 180 valence electrons. The van der Waals surface area contributed by atoms with E-state index in [1.165, 1.54) is 12.4 Å². The highest BCUT2D eigenvalue weighted by Crippen LogP contribution is 2.33. The number of sulfonamides is 1. The minimum atomic E-state index is -3.98. The molecule has 0 radical (unpaired) electrons. The Hall–Kier alpha value is -3.63. The molecule has 35 heavy (non-hydrogen) atoms. The molecule has 1 N–H and O–H groups in total. The monoisotopic (exact) mass is 511 g/mol. The van der Waals surface area contributed by atoms with E-state index >= 15 is 0 Å². The Morgan fingerprint density at radius 3 is 2.94 bits per heavy atom. The maximum absolute atomic E-state index is 13.2. The molecule has 0 aliphatic carbocycles. The van der Waals surface area contributed by atoms with Crippen LogP contribution in [0.25, 0.3) is 11.0 Å². The van der Waals surface area contributed by atoms with Crippen LogP contribution in [0.3, 0.4) is 0 Å². The molecule has 0 atom stereocenters. The minimum Gasteiger partial charge on any atom is -0.490 e. The molecule has 11 heteroatoms. The summed E-state index contributed by atoms with van der Waals surface area (Å²) < 4.78 is 40.8. The number of ether oxygens (including phenoxy) is 2. The van der Waals surface area contributed by atoms with Gasteiger partial charge in [-0.1, -0.05) is 23.7 Å². The molecule has 9 nitrogen and oxygen atoms in total. The van der Waals surface area contributed by atoms with Gasteiger partial charge in [0, 0.05) is 23.7 Å². The van der Waals surface area contributed by atoms with E-state index in [1.54, 1.807) is 31.3 Å². The van der Waals surface area contributed by atoms with Crippen LogP contribution in [0.4, 0.5) is 11.4 Å². The summed E-state index contributed by atoms with van der Waals surface area (Å²) in [7, 11) is -1.97. The number of aromatic nitrogens is 3. The molecule has 4 aromatic rings. The number of nitrogens with zero attached hydrogens (tertiary/aromatic N) is 4. The first-order valence-corrected chi connectivity index (χ1v) is 12.7. The van der Waals surface area contributed by atoms with Crippen molar-refractivity contribution in [2.75, 3.05) is 29.8 Å². The van der Waals surface area contributed by atoms with Gasteiger partial charge in [-0.2, -0.15) is 4.98 Å². The number of nitrogens with one attached hydrogen (secondary N) is 1. The number of hydrogen-bond donors (Lipinski definition) is 1. The maximum Gasteiger partial charge on any atom is 0.262 e. The van der Waals surface area contributed by atoms with Crippen molar-refractivity contribution in [1.29, 1.82) is 0 Å². The van der Waals surface area contributed by atoms with Gasteiger partial charge >= 0.3 is 0 Å². The fourth-order valence-electron chi connectivity index (χ4n) is 3.81. The SMILES string of the molecule is Cc1c(Cl)cccc1S(=O)(=O)Nc1cc2cncnc2nc1OCc1ccc2c(c1)OCCN2C. The molecule has 2 aromatic carbocycles. The van der Waals surface area contributed by atoms with Crippen LogP contribution in [0.1, 0.15) is 11.1 Å². The molecule has 1 aliphatic rings. The molecule has 0 saturated carbocycles. The van der Waals surface area contributed by atoms with Gasteiger partial charge in [0.05, 0.1) is 17.1 Å². The van der Waals surface area contributed by atoms with Crippen LogP contribution in [0.2, 0.25) is 5.02 Å². The number of pyridine rings is 1. The summed E-state index contributed by atoms with van der Waals surface area (Å²) in [5.74, 6) is 0.867. The molecule has 0 bridgehead atoms. The summed E-state index contributed by atoms with van der Waals surface area (Å²) >= 11 is 6.15. The average Bonchev–Trinajstić information content (AvgIpc) is 2.84. The molecular formula is C24H22ClN5O4S. The molecule has 0 saturated heterocycles. The first kappa shape index (κ1) is 23.1. The van der Waals surface area contributed by atoms with Crippen LogP contribution in [0, 0.1) is 6.92 Å². The Labute approximate surface area is 207 Å². The van der Waals surface area contributed by atoms with Crippen molar-refractivity contribution in [3.63, 3.8) is 0 Å². The smallest absolute Gasteiger partial charge is 0.262 e. The van der Waals surface area contributed by atoms with Gasteiger partial charge in [-0.15, -0.1) is 0 Å². The van der Waals surface area contributed by atoms with Gasteiger partial charge in [0.1, 0.15) is 31.0 Å². The lowest BCUT2D eigenvalue weighted by Crippen LogP contribution is -2.28. The number of hydrogen-bond acceptors (Lipinski definition) is 8. The molecule has 0 spiro atoms. The second-order valence-electron chi connectivity index (χ2n) is 8.11. The zero-order valence-corrected chi connectivity index (χ0v) is 20.6. The predicted octanol–water partition coefficient (Wildman–Crippen LogP) is 4.20. The van der Waals surface area contributed by atoms with Crippen molar-refractivity contribution in [3.05, 3.63) is 71.1 Å². The maximum atomic E-state index is 13.2. The van der Waals surface area contributed by atoms with E-state index in [1.807, 2.05) is 25.2 Å². The van der Waals surface area contributed by atoms with E-state index in [9.17, 15) is 8.42 Å². The van der Waals surface area contributed by atoms with Gasteiger partial charge in [-0.05, 0) is 48.4 Å². The van der Waals surface area contributed by atoms with Crippen molar-refractivity contribution in [3.8, 4) is 11.6 Å². The van der Waals surface area contributed by atoms with Crippen LogP contribution in [0.5, 0.6) is 11.6 Å². The number of rotatable bonds is 6. The van der Waals surface area contributed by atoms with Crippen molar-refractivity contribution >= 4 is 44.0 Å². The molecular weight excluding hydrogens is 490 g/mol. The standard InChI is InChI=1S/C24H22ClN5O4S/c1-15-18(25)4-3-5-22(15)35(31,32)29-19-11-17-12-26-14-27-23(17)28-24(19)34-13-16-6-7-20-21(10-16)33-9-8-30(20)2/h3-7,10-12,14,29H,8-9,13H2,1-2H3. The van der Waals surface area contributed by atoms with E-state index in [4.69, 9.17) is 21.1 Å². The number of likely N-dealkylation sites (N-methyl/N-ethyl adjacent to an activating group) is 1. The second kappa shape index (κ2) is 9.20. The van der Waals surface area contributed by atoms with Crippen LogP contribution in [-0.2, 0) is 16.6 Å². The Bertz CT molecular complexity index is 1530. The van der Waals surface area contributed by atoms with Crippen LogP contribution < -0.4 is 19.1 Å². The molecule has 1 aliphatic heterocycles. The van der Waals surface area contributed by atoms with Gasteiger partial charge in [-0.25, -0.2) is 18.4 Å². The Morgan fingerprint density at radius 2 is 2.09 bits per heavy atom. The highest BCUT2D eigenvalue weighted by atomic mass is 35.5. The Kier molecular flexibility index (Phi) is 6.08. The van der Waals surface area contributed by atoms with Crippen molar-refractivity contribution in [1.82, 2.24) is 15.0 Å². The molecule has 5 rings (SSSR count). The van der Waals surface area contributed by atoms with Crippen LogP contribution in [-0.4, -0.2) is 43.6 Å².